The Morgan fingerprint density at radius 3 is 2.04 bits per heavy atom. The third kappa shape index (κ3) is 4.60. The van der Waals surface area contributed by atoms with Crippen molar-refractivity contribution in [3.63, 3.8) is 0 Å². The van der Waals surface area contributed by atoms with Gasteiger partial charge in [0.2, 0.25) is 5.91 Å². The fraction of sp³-hybridized carbons (Fsp3) is 0.889. The second kappa shape index (κ2) is 6.79. The van der Waals surface area contributed by atoms with Crippen LogP contribution in [0.15, 0.2) is 0 Å². The third-order valence-electron chi connectivity index (χ3n) is 5.77. The Labute approximate surface area is 147 Å². The van der Waals surface area contributed by atoms with E-state index in [2.05, 4.69) is 33.9 Å². The van der Waals surface area contributed by atoms with Crippen LogP contribution in [0.1, 0.15) is 54.9 Å². The monoisotopic (exact) mass is 357 g/mol. The summed E-state index contributed by atoms with van der Waals surface area (Å²) in [5.41, 5.74) is -0.196. The highest BCUT2D eigenvalue weighted by Gasteiger charge is 2.47. The maximum absolute atomic E-state index is 12.8. The summed E-state index contributed by atoms with van der Waals surface area (Å²) in [4.78, 5) is 26.0. The van der Waals surface area contributed by atoms with Crippen LogP contribution in [0.4, 0.5) is 0 Å². The van der Waals surface area contributed by atoms with E-state index in [0.717, 1.165) is 0 Å². The quantitative estimate of drug-likeness (QED) is 0.778. The van der Waals surface area contributed by atoms with E-state index in [4.69, 9.17) is 4.43 Å². The largest absolute Gasteiger partial charge is 0.480 e. The maximum Gasteiger partial charge on any atom is 0.326 e. The Bertz CT molecular complexity index is 490. The van der Waals surface area contributed by atoms with Crippen molar-refractivity contribution < 1.29 is 19.1 Å². The molecule has 140 valence electrons. The first-order valence-electron chi connectivity index (χ1n) is 8.79. The van der Waals surface area contributed by atoms with Crippen LogP contribution in [0, 0.1) is 11.3 Å². The van der Waals surface area contributed by atoms with Crippen molar-refractivity contribution >= 4 is 20.2 Å². The zero-order chi connectivity index (χ0) is 19.1. The standard InChI is InChI=1S/C18H35NO4Si/c1-12(17(2,3)4)15(20)19-11-13(10-14(19)16(21)22)23-24(8,9)18(5,6)7/h12-14H,10-11H2,1-9H3,(H,21,22)/t12-,13-,14+/m1/s1. The molecule has 1 fully saturated rings. The van der Waals surface area contributed by atoms with Gasteiger partial charge in [-0.05, 0) is 23.5 Å². The summed E-state index contributed by atoms with van der Waals surface area (Å²) >= 11 is 0. The average molecular weight is 358 g/mol. The van der Waals surface area contributed by atoms with Gasteiger partial charge in [-0.15, -0.1) is 0 Å². The fourth-order valence-corrected chi connectivity index (χ4v) is 3.93. The molecule has 24 heavy (non-hydrogen) atoms. The number of likely N-dealkylation sites (tertiary alicyclic amines) is 1. The Morgan fingerprint density at radius 1 is 1.17 bits per heavy atom. The molecule has 0 spiro atoms. The number of hydrogen-bond acceptors (Lipinski definition) is 3. The molecule has 0 aromatic carbocycles. The van der Waals surface area contributed by atoms with Gasteiger partial charge in [0.1, 0.15) is 6.04 Å². The zero-order valence-electron chi connectivity index (χ0n) is 16.8. The average Bonchev–Trinajstić information content (AvgIpc) is 2.77. The molecule has 0 saturated carbocycles. The van der Waals surface area contributed by atoms with Gasteiger partial charge in [0, 0.05) is 18.9 Å². The van der Waals surface area contributed by atoms with Gasteiger partial charge in [-0.25, -0.2) is 4.79 Å². The molecule has 0 unspecified atom stereocenters. The first-order chi connectivity index (χ1) is 10.6. The van der Waals surface area contributed by atoms with E-state index < -0.39 is 20.3 Å². The molecule has 1 aliphatic rings. The molecule has 3 atom stereocenters. The van der Waals surface area contributed by atoms with Crippen LogP contribution in [0.2, 0.25) is 18.1 Å². The first-order valence-corrected chi connectivity index (χ1v) is 11.7. The minimum atomic E-state index is -1.99. The van der Waals surface area contributed by atoms with Crippen molar-refractivity contribution in [2.45, 2.75) is 85.2 Å². The van der Waals surface area contributed by atoms with Gasteiger partial charge in [-0.1, -0.05) is 48.5 Å². The summed E-state index contributed by atoms with van der Waals surface area (Å²) in [5.74, 6) is -1.26. The molecule has 0 radical (unpaired) electrons. The number of aliphatic carboxylic acids is 1. The Hall–Kier alpha value is -0.883. The molecule has 1 heterocycles. The van der Waals surface area contributed by atoms with Crippen LogP contribution in [0.25, 0.3) is 0 Å². The lowest BCUT2D eigenvalue weighted by molar-refractivity contribution is -0.151. The first kappa shape index (κ1) is 21.2. The van der Waals surface area contributed by atoms with E-state index in [1.807, 2.05) is 27.7 Å². The molecule has 0 aromatic rings. The van der Waals surface area contributed by atoms with Crippen LogP contribution < -0.4 is 0 Å². The normalized spacial score (nSPS) is 24.1. The lowest BCUT2D eigenvalue weighted by atomic mass is 9.81. The number of carbonyl (C=O) groups is 2. The van der Waals surface area contributed by atoms with Crippen LogP contribution in [-0.2, 0) is 14.0 Å². The summed E-state index contributed by atoms with van der Waals surface area (Å²) in [7, 11) is -1.99. The lowest BCUT2D eigenvalue weighted by Crippen LogP contribution is -2.47. The molecule has 1 amide bonds. The van der Waals surface area contributed by atoms with E-state index >= 15 is 0 Å². The molecule has 1 rings (SSSR count). The van der Waals surface area contributed by atoms with Crippen LogP contribution >= 0.6 is 0 Å². The van der Waals surface area contributed by atoms with Crippen LogP contribution in [0.3, 0.4) is 0 Å². The van der Waals surface area contributed by atoms with E-state index in [-0.39, 0.29) is 28.4 Å². The zero-order valence-corrected chi connectivity index (χ0v) is 17.8. The van der Waals surface area contributed by atoms with Gasteiger partial charge in [0.15, 0.2) is 8.32 Å². The number of amides is 1. The van der Waals surface area contributed by atoms with Gasteiger partial charge in [0.25, 0.3) is 0 Å². The molecule has 6 heteroatoms. The minimum Gasteiger partial charge on any atom is -0.480 e. The topological polar surface area (TPSA) is 66.8 Å². The second-order valence-electron chi connectivity index (χ2n) is 9.67. The van der Waals surface area contributed by atoms with Gasteiger partial charge < -0.3 is 14.4 Å². The van der Waals surface area contributed by atoms with Crippen molar-refractivity contribution in [3.8, 4) is 0 Å². The Kier molecular flexibility index (Phi) is 5.98. The molecule has 1 N–H and O–H groups in total. The van der Waals surface area contributed by atoms with Crippen molar-refractivity contribution in [3.05, 3.63) is 0 Å². The van der Waals surface area contributed by atoms with Crippen molar-refractivity contribution in [2.24, 2.45) is 11.3 Å². The smallest absolute Gasteiger partial charge is 0.326 e. The number of rotatable bonds is 4. The molecule has 0 aliphatic carbocycles. The Balaban J connectivity index is 2.96. The molecule has 0 aromatic heterocycles. The highest BCUT2D eigenvalue weighted by Crippen LogP contribution is 2.39. The van der Waals surface area contributed by atoms with Gasteiger partial charge in [-0.2, -0.15) is 0 Å². The lowest BCUT2D eigenvalue weighted by Gasteiger charge is -2.38. The number of hydrogen-bond donors (Lipinski definition) is 1. The van der Waals surface area contributed by atoms with Crippen molar-refractivity contribution in [1.82, 2.24) is 4.90 Å². The Morgan fingerprint density at radius 2 is 1.67 bits per heavy atom. The number of carboxylic acid groups (broad SMARTS) is 1. The molecule has 1 aliphatic heterocycles. The molecular weight excluding hydrogens is 322 g/mol. The van der Waals surface area contributed by atoms with Crippen molar-refractivity contribution in [2.75, 3.05) is 6.54 Å². The molecule has 5 nitrogen and oxygen atoms in total. The predicted molar refractivity (Wildman–Crippen MR) is 98.4 cm³/mol. The third-order valence-corrected chi connectivity index (χ3v) is 10.3. The summed E-state index contributed by atoms with van der Waals surface area (Å²) < 4.78 is 6.37. The summed E-state index contributed by atoms with van der Waals surface area (Å²) in [6, 6.07) is -0.780. The van der Waals surface area contributed by atoms with E-state index in [1.54, 1.807) is 0 Å². The SMILES string of the molecule is C[C@H](C(=O)N1C[C@H](O[Si](C)(C)C(C)(C)C)C[C@H]1C(=O)O)C(C)(C)C. The van der Waals surface area contributed by atoms with Gasteiger partial charge in [0.05, 0.1) is 6.10 Å². The number of carboxylic acids is 1. The predicted octanol–water partition coefficient (Wildman–Crippen LogP) is 3.74. The highest BCUT2D eigenvalue weighted by molar-refractivity contribution is 6.74. The summed E-state index contributed by atoms with van der Waals surface area (Å²) in [6.45, 7) is 19.1. The van der Waals surface area contributed by atoms with Gasteiger partial charge in [-0.3, -0.25) is 4.79 Å². The molecule has 1 saturated heterocycles. The maximum atomic E-state index is 12.8. The number of carbonyl (C=O) groups excluding carboxylic acids is 1. The summed E-state index contributed by atoms with van der Waals surface area (Å²) in [5, 5.41) is 9.61. The minimum absolute atomic E-state index is 0.0574. The van der Waals surface area contributed by atoms with Gasteiger partial charge >= 0.3 is 5.97 Å². The second-order valence-corrected chi connectivity index (χ2v) is 14.4. The number of nitrogens with zero attached hydrogens (tertiary/aromatic N) is 1. The van der Waals surface area contributed by atoms with Crippen LogP contribution in [-0.4, -0.2) is 48.9 Å². The van der Waals surface area contributed by atoms with Crippen molar-refractivity contribution in [1.29, 1.82) is 0 Å². The van der Waals surface area contributed by atoms with E-state index in [1.165, 1.54) is 4.90 Å². The van der Waals surface area contributed by atoms with E-state index in [9.17, 15) is 14.7 Å². The van der Waals surface area contributed by atoms with E-state index in [0.29, 0.717) is 13.0 Å². The fourth-order valence-electron chi connectivity index (χ4n) is 2.57. The summed E-state index contributed by atoms with van der Waals surface area (Å²) in [6.07, 6.45) is 0.188. The van der Waals surface area contributed by atoms with Crippen LogP contribution in [0.5, 0.6) is 0 Å². The molecular formula is C18H35NO4Si. The molecule has 0 bridgehead atoms. The highest BCUT2D eigenvalue weighted by atomic mass is 28.4.